The topological polar surface area (TPSA) is 38.1 Å². The van der Waals surface area contributed by atoms with Crippen LogP contribution in [0.2, 0.25) is 0 Å². The highest BCUT2D eigenvalue weighted by Crippen LogP contribution is 2.19. The summed E-state index contributed by atoms with van der Waals surface area (Å²) in [6.45, 7) is 8.30. The van der Waals surface area contributed by atoms with E-state index < -0.39 is 0 Å². The lowest BCUT2D eigenvalue weighted by Crippen LogP contribution is -2.37. The van der Waals surface area contributed by atoms with Crippen molar-refractivity contribution in [2.45, 2.75) is 39.8 Å². The number of hydrogen-bond acceptors (Lipinski definition) is 2. The van der Waals surface area contributed by atoms with Gasteiger partial charge in [-0.3, -0.25) is 4.79 Å². The molecule has 1 aromatic rings. The summed E-state index contributed by atoms with van der Waals surface area (Å²) in [5, 5.41) is 0. The fraction of sp³-hybridized carbons (Fsp3) is 0.636. The van der Waals surface area contributed by atoms with E-state index in [9.17, 15) is 4.79 Å². The van der Waals surface area contributed by atoms with E-state index in [4.69, 9.17) is 0 Å². The van der Waals surface area contributed by atoms with Crippen LogP contribution in [0.3, 0.4) is 0 Å². The number of nitrogens with zero attached hydrogens (tertiary/aromatic N) is 3. The third-order valence-electron chi connectivity index (χ3n) is 2.88. The van der Waals surface area contributed by atoms with Gasteiger partial charge >= 0.3 is 0 Å². The first-order valence-corrected chi connectivity index (χ1v) is 5.39. The summed E-state index contributed by atoms with van der Waals surface area (Å²) < 4.78 is 2.24. The highest BCUT2D eigenvalue weighted by atomic mass is 16.2. The highest BCUT2D eigenvalue weighted by Gasteiger charge is 2.21. The first kappa shape index (κ1) is 10.2. The standard InChI is InChI=1S/C11H17N3O/c1-8(2)11-12-6-10-7-13(9(3)15)4-5-14(10)11/h6,8H,4-5,7H2,1-3H3. The molecule has 0 fully saturated rings. The van der Waals surface area contributed by atoms with Crippen molar-refractivity contribution in [1.29, 1.82) is 0 Å². The molecule has 1 aliphatic rings. The molecule has 4 nitrogen and oxygen atoms in total. The highest BCUT2D eigenvalue weighted by molar-refractivity contribution is 5.73. The molecule has 0 radical (unpaired) electrons. The third kappa shape index (κ3) is 1.76. The number of imidazole rings is 1. The van der Waals surface area contributed by atoms with E-state index in [0.29, 0.717) is 12.5 Å². The average molecular weight is 207 g/mol. The predicted octanol–water partition coefficient (Wildman–Crippen LogP) is 1.37. The van der Waals surface area contributed by atoms with Crippen molar-refractivity contribution in [2.24, 2.45) is 0 Å². The summed E-state index contributed by atoms with van der Waals surface area (Å²) in [4.78, 5) is 17.5. The maximum absolute atomic E-state index is 11.2. The number of rotatable bonds is 1. The van der Waals surface area contributed by atoms with Crippen LogP contribution in [0.4, 0.5) is 0 Å². The first-order valence-electron chi connectivity index (χ1n) is 5.39. The van der Waals surface area contributed by atoms with Gasteiger partial charge < -0.3 is 9.47 Å². The molecule has 1 amide bonds. The fourth-order valence-corrected chi connectivity index (χ4v) is 2.04. The molecule has 4 heteroatoms. The second kappa shape index (κ2) is 3.68. The fourth-order valence-electron chi connectivity index (χ4n) is 2.04. The Morgan fingerprint density at radius 1 is 1.47 bits per heavy atom. The summed E-state index contributed by atoms with van der Waals surface area (Å²) in [5.41, 5.74) is 1.15. The molecule has 2 heterocycles. The number of carbonyl (C=O) groups is 1. The molecule has 0 aromatic carbocycles. The van der Waals surface area contributed by atoms with Crippen LogP contribution >= 0.6 is 0 Å². The van der Waals surface area contributed by atoms with Crippen LogP contribution < -0.4 is 0 Å². The maximum atomic E-state index is 11.2. The Kier molecular flexibility index (Phi) is 2.50. The second-order valence-corrected chi connectivity index (χ2v) is 4.35. The Bertz CT molecular complexity index is 381. The Hall–Kier alpha value is -1.32. The molecule has 15 heavy (non-hydrogen) atoms. The van der Waals surface area contributed by atoms with Crippen molar-refractivity contribution in [3.63, 3.8) is 0 Å². The minimum Gasteiger partial charge on any atom is -0.335 e. The monoisotopic (exact) mass is 207 g/mol. The normalized spacial score (nSPS) is 15.6. The molecule has 0 saturated heterocycles. The lowest BCUT2D eigenvalue weighted by Gasteiger charge is -2.28. The molecular formula is C11H17N3O. The molecule has 1 aliphatic heterocycles. The van der Waals surface area contributed by atoms with E-state index in [1.54, 1.807) is 6.92 Å². The van der Waals surface area contributed by atoms with Gasteiger partial charge in [-0.25, -0.2) is 4.98 Å². The van der Waals surface area contributed by atoms with E-state index in [1.165, 1.54) is 0 Å². The Labute approximate surface area is 89.9 Å². The Morgan fingerprint density at radius 2 is 2.20 bits per heavy atom. The van der Waals surface area contributed by atoms with Crippen molar-refractivity contribution in [1.82, 2.24) is 14.5 Å². The summed E-state index contributed by atoms with van der Waals surface area (Å²) >= 11 is 0. The van der Waals surface area contributed by atoms with E-state index in [0.717, 1.165) is 24.6 Å². The molecular weight excluding hydrogens is 190 g/mol. The van der Waals surface area contributed by atoms with Gasteiger partial charge in [-0.2, -0.15) is 0 Å². The predicted molar refractivity (Wildman–Crippen MR) is 57.4 cm³/mol. The lowest BCUT2D eigenvalue weighted by atomic mass is 10.2. The van der Waals surface area contributed by atoms with Crippen molar-refractivity contribution in [3.8, 4) is 0 Å². The van der Waals surface area contributed by atoms with Crippen LogP contribution in [-0.2, 0) is 17.9 Å². The molecule has 1 aromatic heterocycles. The summed E-state index contributed by atoms with van der Waals surface area (Å²) in [7, 11) is 0. The van der Waals surface area contributed by atoms with Gasteiger partial charge in [0.05, 0.1) is 18.4 Å². The van der Waals surface area contributed by atoms with Crippen LogP contribution in [0.5, 0.6) is 0 Å². The summed E-state index contributed by atoms with van der Waals surface area (Å²) in [5.74, 6) is 1.73. The van der Waals surface area contributed by atoms with Crippen LogP contribution in [-0.4, -0.2) is 26.9 Å². The van der Waals surface area contributed by atoms with Gasteiger partial charge in [0.1, 0.15) is 5.82 Å². The Balaban J connectivity index is 2.26. The minimum absolute atomic E-state index is 0.147. The molecule has 0 bridgehead atoms. The van der Waals surface area contributed by atoms with Gasteiger partial charge in [0.15, 0.2) is 0 Å². The molecule has 0 saturated carbocycles. The van der Waals surface area contributed by atoms with Gasteiger partial charge in [0, 0.05) is 25.9 Å². The number of hydrogen-bond donors (Lipinski definition) is 0. The van der Waals surface area contributed by atoms with E-state index in [1.807, 2.05) is 11.1 Å². The quantitative estimate of drug-likeness (QED) is 0.697. The number of carbonyl (C=O) groups excluding carboxylic acids is 1. The lowest BCUT2D eigenvalue weighted by molar-refractivity contribution is -0.130. The first-order chi connectivity index (χ1) is 7.09. The van der Waals surface area contributed by atoms with Crippen molar-refractivity contribution in [2.75, 3.05) is 6.54 Å². The smallest absolute Gasteiger partial charge is 0.219 e. The SMILES string of the molecule is CC(=O)N1CCn2c(cnc2C(C)C)C1. The van der Waals surface area contributed by atoms with Gasteiger partial charge in [-0.15, -0.1) is 0 Å². The summed E-state index contributed by atoms with van der Waals surface area (Å²) in [6, 6.07) is 0. The molecule has 2 rings (SSSR count). The number of amides is 1. The second-order valence-electron chi connectivity index (χ2n) is 4.35. The van der Waals surface area contributed by atoms with Crippen LogP contribution in [0.1, 0.15) is 38.2 Å². The number of fused-ring (bicyclic) bond motifs is 1. The molecule has 0 N–H and O–H groups in total. The Morgan fingerprint density at radius 3 is 2.80 bits per heavy atom. The minimum atomic E-state index is 0.147. The van der Waals surface area contributed by atoms with Gasteiger partial charge in [0.25, 0.3) is 0 Å². The van der Waals surface area contributed by atoms with Crippen LogP contribution in [0.15, 0.2) is 6.20 Å². The van der Waals surface area contributed by atoms with E-state index in [-0.39, 0.29) is 5.91 Å². The van der Waals surface area contributed by atoms with Crippen molar-refractivity contribution < 1.29 is 4.79 Å². The van der Waals surface area contributed by atoms with E-state index in [2.05, 4.69) is 23.4 Å². The van der Waals surface area contributed by atoms with Crippen molar-refractivity contribution >= 4 is 5.91 Å². The molecule has 82 valence electrons. The average Bonchev–Trinajstić information content (AvgIpc) is 2.59. The maximum Gasteiger partial charge on any atom is 0.219 e. The largest absolute Gasteiger partial charge is 0.335 e. The molecule has 0 atom stereocenters. The van der Waals surface area contributed by atoms with Gasteiger partial charge in [0.2, 0.25) is 5.91 Å². The van der Waals surface area contributed by atoms with Gasteiger partial charge in [-0.1, -0.05) is 13.8 Å². The molecule has 0 aliphatic carbocycles. The zero-order chi connectivity index (χ0) is 11.0. The summed E-state index contributed by atoms with van der Waals surface area (Å²) in [6.07, 6.45) is 1.89. The van der Waals surface area contributed by atoms with Crippen molar-refractivity contribution in [3.05, 3.63) is 17.7 Å². The van der Waals surface area contributed by atoms with E-state index >= 15 is 0 Å². The third-order valence-corrected chi connectivity index (χ3v) is 2.88. The zero-order valence-electron chi connectivity index (χ0n) is 9.53. The van der Waals surface area contributed by atoms with Crippen LogP contribution in [0.25, 0.3) is 0 Å². The number of aromatic nitrogens is 2. The molecule has 0 unspecified atom stereocenters. The van der Waals surface area contributed by atoms with Crippen LogP contribution in [0, 0.1) is 0 Å². The zero-order valence-corrected chi connectivity index (χ0v) is 9.53. The van der Waals surface area contributed by atoms with Gasteiger partial charge in [-0.05, 0) is 0 Å². The molecule has 0 spiro atoms.